The van der Waals surface area contributed by atoms with Gasteiger partial charge in [0.2, 0.25) is 0 Å². The molecule has 4 heteroatoms. The smallest absolute Gasteiger partial charge is 0.142 e. The molecule has 0 spiro atoms. The van der Waals surface area contributed by atoms with Crippen molar-refractivity contribution in [1.29, 1.82) is 0 Å². The Balaban J connectivity index is 2.17. The summed E-state index contributed by atoms with van der Waals surface area (Å²) in [5.74, 6) is 0.928. The maximum absolute atomic E-state index is 5.80. The van der Waals surface area contributed by atoms with Crippen molar-refractivity contribution >= 4 is 11.4 Å². The molecule has 1 aromatic rings. The Labute approximate surface area is 96.4 Å². The zero-order valence-electron chi connectivity index (χ0n) is 9.86. The van der Waals surface area contributed by atoms with Crippen LogP contribution in [-0.4, -0.2) is 33.3 Å². The van der Waals surface area contributed by atoms with Crippen LogP contribution in [0.5, 0.6) is 5.75 Å². The van der Waals surface area contributed by atoms with Crippen molar-refractivity contribution < 1.29 is 4.74 Å². The molecule has 16 heavy (non-hydrogen) atoms. The fourth-order valence-corrected chi connectivity index (χ4v) is 2.01. The lowest BCUT2D eigenvalue weighted by atomic mass is 10.1. The van der Waals surface area contributed by atoms with E-state index in [1.165, 1.54) is 0 Å². The monoisotopic (exact) mass is 221 g/mol. The van der Waals surface area contributed by atoms with Crippen LogP contribution in [0.4, 0.5) is 11.4 Å². The molecule has 1 heterocycles. The molecule has 0 fully saturated rings. The van der Waals surface area contributed by atoms with Gasteiger partial charge in [-0.05, 0) is 38.2 Å². The lowest BCUT2D eigenvalue weighted by molar-refractivity contribution is 0.260. The Bertz CT molecular complexity index is 367. The summed E-state index contributed by atoms with van der Waals surface area (Å²) < 4.78 is 5.73. The van der Waals surface area contributed by atoms with Crippen molar-refractivity contribution in [3.05, 3.63) is 18.2 Å². The van der Waals surface area contributed by atoms with Gasteiger partial charge in [-0.25, -0.2) is 0 Å². The standard InChI is InChI=1S/C12H19N3O/c1-14-6-5-10-8-16-12-4-3-9(13)7-11(12)15(10)2/h3-4,7,10,14H,5-6,8,13H2,1-2H3. The van der Waals surface area contributed by atoms with Gasteiger partial charge in [0, 0.05) is 12.7 Å². The summed E-state index contributed by atoms with van der Waals surface area (Å²) in [4.78, 5) is 2.26. The zero-order valence-corrected chi connectivity index (χ0v) is 9.86. The highest BCUT2D eigenvalue weighted by atomic mass is 16.5. The SMILES string of the molecule is CNCCC1COc2ccc(N)cc2N1C. The molecule has 88 valence electrons. The summed E-state index contributed by atoms with van der Waals surface area (Å²) in [5, 5.41) is 3.16. The first-order chi connectivity index (χ1) is 7.72. The molecule has 0 aliphatic carbocycles. The molecule has 1 unspecified atom stereocenters. The fourth-order valence-electron chi connectivity index (χ4n) is 2.01. The molecule has 1 aliphatic heterocycles. The summed E-state index contributed by atoms with van der Waals surface area (Å²) in [5.41, 5.74) is 7.67. The average molecular weight is 221 g/mol. The van der Waals surface area contributed by atoms with E-state index in [9.17, 15) is 0 Å². The molecule has 4 nitrogen and oxygen atoms in total. The third-order valence-electron chi connectivity index (χ3n) is 3.07. The van der Waals surface area contributed by atoms with Crippen LogP contribution in [0.2, 0.25) is 0 Å². The molecular formula is C12H19N3O. The van der Waals surface area contributed by atoms with Crippen LogP contribution in [0.25, 0.3) is 0 Å². The maximum atomic E-state index is 5.80. The molecule has 0 radical (unpaired) electrons. The van der Waals surface area contributed by atoms with E-state index in [0.717, 1.165) is 36.7 Å². The maximum Gasteiger partial charge on any atom is 0.142 e. The first-order valence-corrected chi connectivity index (χ1v) is 5.62. The molecule has 0 bridgehead atoms. The van der Waals surface area contributed by atoms with Gasteiger partial charge >= 0.3 is 0 Å². The number of nitrogens with zero attached hydrogens (tertiary/aromatic N) is 1. The number of ether oxygens (including phenoxy) is 1. The van der Waals surface area contributed by atoms with Gasteiger partial charge < -0.3 is 20.7 Å². The Morgan fingerprint density at radius 3 is 3.12 bits per heavy atom. The number of hydrogen-bond acceptors (Lipinski definition) is 4. The minimum atomic E-state index is 0.418. The molecule has 0 saturated heterocycles. The topological polar surface area (TPSA) is 50.5 Å². The summed E-state index contributed by atoms with van der Waals surface area (Å²) in [6.45, 7) is 1.74. The van der Waals surface area contributed by atoms with E-state index in [1.54, 1.807) is 0 Å². The van der Waals surface area contributed by atoms with E-state index in [1.807, 2.05) is 25.2 Å². The van der Waals surface area contributed by atoms with Gasteiger partial charge in [0.1, 0.15) is 12.4 Å². The number of rotatable bonds is 3. The van der Waals surface area contributed by atoms with Crippen LogP contribution >= 0.6 is 0 Å². The van der Waals surface area contributed by atoms with Gasteiger partial charge in [-0.1, -0.05) is 0 Å². The van der Waals surface area contributed by atoms with Gasteiger partial charge in [0.25, 0.3) is 0 Å². The number of fused-ring (bicyclic) bond motifs is 1. The van der Waals surface area contributed by atoms with Crippen molar-refractivity contribution in [3.8, 4) is 5.75 Å². The Hall–Kier alpha value is -1.42. The van der Waals surface area contributed by atoms with E-state index >= 15 is 0 Å². The number of nitrogens with one attached hydrogen (secondary N) is 1. The van der Waals surface area contributed by atoms with E-state index < -0.39 is 0 Å². The van der Waals surface area contributed by atoms with Crippen LogP contribution in [0.3, 0.4) is 0 Å². The lowest BCUT2D eigenvalue weighted by Crippen LogP contribution is -2.41. The van der Waals surface area contributed by atoms with E-state index in [0.29, 0.717) is 6.04 Å². The van der Waals surface area contributed by atoms with Crippen molar-refractivity contribution in [2.24, 2.45) is 0 Å². The second-order valence-electron chi connectivity index (χ2n) is 4.20. The van der Waals surface area contributed by atoms with Crippen LogP contribution < -0.4 is 20.7 Å². The van der Waals surface area contributed by atoms with Gasteiger partial charge in [-0.3, -0.25) is 0 Å². The van der Waals surface area contributed by atoms with Gasteiger partial charge in [0.15, 0.2) is 0 Å². The van der Waals surface area contributed by atoms with Crippen LogP contribution in [0.15, 0.2) is 18.2 Å². The summed E-state index contributed by atoms with van der Waals surface area (Å²) in [7, 11) is 4.07. The third kappa shape index (κ3) is 2.07. The van der Waals surface area contributed by atoms with E-state index in [2.05, 4.69) is 17.3 Å². The number of anilines is 2. The van der Waals surface area contributed by atoms with Crippen molar-refractivity contribution in [2.75, 3.05) is 37.9 Å². The van der Waals surface area contributed by atoms with E-state index in [-0.39, 0.29) is 0 Å². The van der Waals surface area contributed by atoms with Crippen LogP contribution in [-0.2, 0) is 0 Å². The number of nitrogen functional groups attached to an aromatic ring is 1. The quantitative estimate of drug-likeness (QED) is 0.750. The second kappa shape index (κ2) is 4.61. The largest absolute Gasteiger partial charge is 0.489 e. The minimum Gasteiger partial charge on any atom is -0.489 e. The Morgan fingerprint density at radius 1 is 1.56 bits per heavy atom. The molecular weight excluding hydrogens is 202 g/mol. The van der Waals surface area contributed by atoms with Crippen molar-refractivity contribution in [1.82, 2.24) is 5.32 Å². The highest BCUT2D eigenvalue weighted by Gasteiger charge is 2.24. The summed E-state index contributed by atoms with van der Waals surface area (Å²) in [6, 6.07) is 6.21. The molecule has 1 aromatic carbocycles. The first-order valence-electron chi connectivity index (χ1n) is 5.62. The number of nitrogens with two attached hydrogens (primary N) is 1. The normalized spacial score (nSPS) is 19.1. The first kappa shape index (κ1) is 11.1. The number of benzene rings is 1. The van der Waals surface area contributed by atoms with Crippen molar-refractivity contribution in [2.45, 2.75) is 12.5 Å². The second-order valence-corrected chi connectivity index (χ2v) is 4.20. The van der Waals surface area contributed by atoms with E-state index in [4.69, 9.17) is 10.5 Å². The number of hydrogen-bond donors (Lipinski definition) is 2. The van der Waals surface area contributed by atoms with Crippen LogP contribution in [0, 0.1) is 0 Å². The molecule has 3 N–H and O–H groups in total. The molecule has 2 rings (SSSR count). The highest BCUT2D eigenvalue weighted by molar-refractivity contribution is 5.66. The lowest BCUT2D eigenvalue weighted by Gasteiger charge is -2.36. The summed E-state index contributed by atoms with van der Waals surface area (Å²) in [6.07, 6.45) is 1.07. The molecule has 0 amide bonds. The molecule has 0 saturated carbocycles. The molecule has 1 aliphatic rings. The molecule has 1 atom stereocenters. The van der Waals surface area contributed by atoms with Gasteiger partial charge in [0.05, 0.1) is 11.7 Å². The Morgan fingerprint density at radius 2 is 2.38 bits per heavy atom. The van der Waals surface area contributed by atoms with Crippen molar-refractivity contribution in [3.63, 3.8) is 0 Å². The molecule has 0 aromatic heterocycles. The zero-order chi connectivity index (χ0) is 11.5. The Kier molecular flexibility index (Phi) is 3.19. The third-order valence-corrected chi connectivity index (χ3v) is 3.07. The summed E-state index contributed by atoms with van der Waals surface area (Å²) >= 11 is 0. The predicted molar refractivity (Wildman–Crippen MR) is 67.1 cm³/mol. The highest BCUT2D eigenvalue weighted by Crippen LogP contribution is 2.34. The fraction of sp³-hybridized carbons (Fsp3) is 0.500. The average Bonchev–Trinajstić information content (AvgIpc) is 2.29. The van der Waals surface area contributed by atoms with Gasteiger partial charge in [-0.15, -0.1) is 0 Å². The van der Waals surface area contributed by atoms with Crippen LogP contribution in [0.1, 0.15) is 6.42 Å². The van der Waals surface area contributed by atoms with Gasteiger partial charge in [-0.2, -0.15) is 0 Å². The minimum absolute atomic E-state index is 0.418. The number of likely N-dealkylation sites (N-methyl/N-ethyl adjacent to an activating group) is 1. The predicted octanol–water partition coefficient (Wildman–Crippen LogP) is 1.08.